The zero-order valence-corrected chi connectivity index (χ0v) is 9.28. The normalized spacial score (nSPS) is 21.8. The van der Waals surface area contributed by atoms with Gasteiger partial charge in [-0.3, -0.25) is 4.90 Å². The number of likely N-dealkylation sites (tertiary alicyclic amines) is 1. The lowest BCUT2D eigenvalue weighted by Crippen LogP contribution is -2.20. The predicted molar refractivity (Wildman–Crippen MR) is 60.9 cm³/mol. The lowest BCUT2D eigenvalue weighted by atomic mass is 10.1. The molecule has 80 valence electrons. The Morgan fingerprint density at radius 2 is 2.27 bits per heavy atom. The minimum Gasteiger partial charge on any atom is -0.303 e. The second-order valence-corrected chi connectivity index (χ2v) is 4.42. The van der Waals surface area contributed by atoms with Crippen LogP contribution in [0.5, 0.6) is 0 Å². The first kappa shape index (κ1) is 10.7. The van der Waals surface area contributed by atoms with Gasteiger partial charge in [-0.1, -0.05) is 29.8 Å². The third-order valence-electron chi connectivity index (χ3n) is 2.85. The molecular formula is C12H14ClNO. The van der Waals surface area contributed by atoms with E-state index in [1.54, 1.807) is 0 Å². The van der Waals surface area contributed by atoms with Gasteiger partial charge in [-0.2, -0.15) is 0 Å². The summed E-state index contributed by atoms with van der Waals surface area (Å²) in [7, 11) is 0. The third-order valence-corrected chi connectivity index (χ3v) is 3.22. The lowest BCUT2D eigenvalue weighted by Gasteiger charge is -2.15. The molecule has 1 atom stereocenters. The highest BCUT2D eigenvalue weighted by atomic mass is 35.5. The van der Waals surface area contributed by atoms with Crippen LogP contribution >= 0.6 is 11.6 Å². The minimum atomic E-state index is 0.215. The topological polar surface area (TPSA) is 20.3 Å². The maximum atomic E-state index is 10.6. The molecule has 1 aliphatic heterocycles. The van der Waals surface area contributed by atoms with Crippen LogP contribution in [0, 0.1) is 5.92 Å². The van der Waals surface area contributed by atoms with Crippen LogP contribution in [0.2, 0.25) is 5.02 Å². The van der Waals surface area contributed by atoms with Gasteiger partial charge in [-0.25, -0.2) is 0 Å². The van der Waals surface area contributed by atoms with Crippen LogP contribution in [0.25, 0.3) is 0 Å². The van der Waals surface area contributed by atoms with Crippen molar-refractivity contribution in [3.63, 3.8) is 0 Å². The molecule has 15 heavy (non-hydrogen) atoms. The van der Waals surface area contributed by atoms with Crippen molar-refractivity contribution in [2.45, 2.75) is 13.0 Å². The van der Waals surface area contributed by atoms with Crippen molar-refractivity contribution >= 4 is 17.9 Å². The van der Waals surface area contributed by atoms with Gasteiger partial charge in [0, 0.05) is 24.0 Å². The van der Waals surface area contributed by atoms with Gasteiger partial charge in [0.05, 0.1) is 0 Å². The van der Waals surface area contributed by atoms with Gasteiger partial charge < -0.3 is 4.79 Å². The summed E-state index contributed by atoms with van der Waals surface area (Å²) in [4.78, 5) is 12.9. The summed E-state index contributed by atoms with van der Waals surface area (Å²) in [5.41, 5.74) is 1.14. The molecule has 0 saturated carbocycles. The molecular weight excluding hydrogens is 210 g/mol. The van der Waals surface area contributed by atoms with Crippen molar-refractivity contribution in [2.75, 3.05) is 13.1 Å². The average molecular weight is 224 g/mol. The van der Waals surface area contributed by atoms with E-state index in [-0.39, 0.29) is 5.92 Å². The molecule has 0 spiro atoms. The molecule has 2 rings (SSSR count). The molecule has 0 N–H and O–H groups in total. The zero-order valence-electron chi connectivity index (χ0n) is 8.53. The quantitative estimate of drug-likeness (QED) is 0.734. The number of hydrogen-bond acceptors (Lipinski definition) is 2. The standard InChI is InChI=1S/C12H14ClNO/c13-12-4-2-1-3-11(12)8-14-6-5-10(7-14)9-15/h1-4,9-10H,5-8H2/t10-/m1/s1. The molecule has 0 aliphatic carbocycles. The van der Waals surface area contributed by atoms with Crippen LogP contribution in [0.4, 0.5) is 0 Å². The molecule has 1 aromatic rings. The maximum absolute atomic E-state index is 10.6. The second kappa shape index (κ2) is 4.77. The van der Waals surface area contributed by atoms with Gasteiger partial charge in [0.1, 0.15) is 6.29 Å². The summed E-state index contributed by atoms with van der Waals surface area (Å²) in [5, 5.41) is 0.812. The number of halogens is 1. The first-order chi connectivity index (χ1) is 7.29. The van der Waals surface area contributed by atoms with E-state index in [1.165, 1.54) is 0 Å². The molecule has 1 aromatic carbocycles. The Morgan fingerprint density at radius 1 is 1.47 bits per heavy atom. The SMILES string of the molecule is O=C[C@@H]1CCN(Cc2ccccc2Cl)C1. The fraction of sp³-hybridized carbons (Fsp3) is 0.417. The number of benzene rings is 1. The molecule has 0 unspecified atom stereocenters. The zero-order chi connectivity index (χ0) is 10.7. The summed E-state index contributed by atoms with van der Waals surface area (Å²) >= 11 is 6.08. The molecule has 1 fully saturated rings. The Kier molecular flexibility index (Phi) is 3.39. The number of carbonyl (C=O) groups excluding carboxylic acids is 1. The first-order valence-corrected chi connectivity index (χ1v) is 5.58. The highest BCUT2D eigenvalue weighted by molar-refractivity contribution is 6.31. The van der Waals surface area contributed by atoms with Gasteiger partial charge in [0.2, 0.25) is 0 Å². The Hall–Kier alpha value is -0.860. The third kappa shape index (κ3) is 2.58. The second-order valence-electron chi connectivity index (χ2n) is 4.01. The van der Waals surface area contributed by atoms with Crippen LogP contribution < -0.4 is 0 Å². The average Bonchev–Trinajstić information content (AvgIpc) is 2.69. The van der Waals surface area contributed by atoms with E-state index in [2.05, 4.69) is 4.90 Å². The summed E-state index contributed by atoms with van der Waals surface area (Å²) in [5.74, 6) is 0.215. The van der Waals surface area contributed by atoms with E-state index in [9.17, 15) is 4.79 Å². The van der Waals surface area contributed by atoms with Gasteiger partial charge in [-0.15, -0.1) is 0 Å². The van der Waals surface area contributed by atoms with Crippen molar-refractivity contribution in [3.8, 4) is 0 Å². The van der Waals surface area contributed by atoms with Gasteiger partial charge in [-0.05, 0) is 24.6 Å². The molecule has 1 saturated heterocycles. The smallest absolute Gasteiger partial charge is 0.124 e. The van der Waals surface area contributed by atoms with Crippen molar-refractivity contribution in [2.24, 2.45) is 5.92 Å². The van der Waals surface area contributed by atoms with E-state index in [4.69, 9.17) is 11.6 Å². The molecule has 0 radical (unpaired) electrons. The molecule has 0 amide bonds. The largest absolute Gasteiger partial charge is 0.303 e. The van der Waals surface area contributed by atoms with Gasteiger partial charge >= 0.3 is 0 Å². The molecule has 0 aromatic heterocycles. The maximum Gasteiger partial charge on any atom is 0.124 e. The van der Waals surface area contributed by atoms with Crippen LogP contribution in [0.15, 0.2) is 24.3 Å². The first-order valence-electron chi connectivity index (χ1n) is 5.20. The number of rotatable bonds is 3. The Labute approximate surface area is 94.8 Å². The van der Waals surface area contributed by atoms with Crippen LogP contribution in [0.1, 0.15) is 12.0 Å². The summed E-state index contributed by atoms with van der Waals surface area (Å²) in [6.07, 6.45) is 2.04. The van der Waals surface area contributed by atoms with E-state index >= 15 is 0 Å². The van der Waals surface area contributed by atoms with E-state index in [0.717, 1.165) is 42.9 Å². The molecule has 1 heterocycles. The number of aldehydes is 1. The highest BCUT2D eigenvalue weighted by Crippen LogP contribution is 2.21. The van der Waals surface area contributed by atoms with Crippen molar-refractivity contribution < 1.29 is 4.79 Å². The van der Waals surface area contributed by atoms with Crippen molar-refractivity contribution in [1.29, 1.82) is 0 Å². The van der Waals surface area contributed by atoms with Gasteiger partial charge in [0.15, 0.2) is 0 Å². The molecule has 1 aliphatic rings. The van der Waals surface area contributed by atoms with E-state index in [1.807, 2.05) is 24.3 Å². The van der Waals surface area contributed by atoms with Crippen LogP contribution in [-0.2, 0) is 11.3 Å². The Bertz CT molecular complexity index is 353. The van der Waals surface area contributed by atoms with Crippen molar-refractivity contribution in [1.82, 2.24) is 4.90 Å². The van der Waals surface area contributed by atoms with Crippen LogP contribution in [-0.4, -0.2) is 24.3 Å². The highest BCUT2D eigenvalue weighted by Gasteiger charge is 2.21. The van der Waals surface area contributed by atoms with Crippen molar-refractivity contribution in [3.05, 3.63) is 34.9 Å². The summed E-state index contributed by atoms with van der Waals surface area (Å²) in [6, 6.07) is 7.87. The number of nitrogens with zero attached hydrogens (tertiary/aromatic N) is 1. The molecule has 0 bridgehead atoms. The Morgan fingerprint density at radius 3 is 2.93 bits per heavy atom. The van der Waals surface area contributed by atoms with E-state index < -0.39 is 0 Å². The molecule has 3 heteroatoms. The summed E-state index contributed by atoms with van der Waals surface area (Å²) < 4.78 is 0. The monoisotopic (exact) mass is 223 g/mol. The van der Waals surface area contributed by atoms with Gasteiger partial charge in [0.25, 0.3) is 0 Å². The molecule has 2 nitrogen and oxygen atoms in total. The fourth-order valence-corrected chi connectivity index (χ4v) is 2.18. The number of carbonyl (C=O) groups is 1. The predicted octanol–water partition coefficient (Wildman–Crippen LogP) is 2.36. The van der Waals surface area contributed by atoms with E-state index in [0.29, 0.717) is 0 Å². The lowest BCUT2D eigenvalue weighted by molar-refractivity contribution is -0.110. The Balaban J connectivity index is 1.98. The fourth-order valence-electron chi connectivity index (χ4n) is 1.98. The number of hydrogen-bond donors (Lipinski definition) is 0. The summed E-state index contributed by atoms with van der Waals surface area (Å²) in [6.45, 7) is 2.72. The minimum absolute atomic E-state index is 0.215. The van der Waals surface area contributed by atoms with Crippen LogP contribution in [0.3, 0.4) is 0 Å².